The fourth-order valence-electron chi connectivity index (χ4n) is 4.30. The standard InChI is InChI=1S/C28H29N5O3/c1-20-8-9-22(18-21(20)2)29-28(35)25-11-10-24(36-25)19-33-27(34)13-12-26(30-33)32-16-14-31(15-17-32)23-6-4-3-5-7-23/h3-13,18H,14-17,19H2,1-2H3,(H,29,35). The molecule has 1 N–H and O–H groups in total. The number of para-hydroxylation sites is 1. The molecule has 36 heavy (non-hydrogen) atoms. The Morgan fingerprint density at radius 1 is 0.889 bits per heavy atom. The molecule has 5 rings (SSSR count). The van der Waals surface area contributed by atoms with Gasteiger partial charge in [-0.1, -0.05) is 24.3 Å². The minimum Gasteiger partial charge on any atom is -0.454 e. The molecule has 0 saturated carbocycles. The van der Waals surface area contributed by atoms with Gasteiger partial charge in [-0.15, -0.1) is 0 Å². The van der Waals surface area contributed by atoms with E-state index in [2.05, 4.69) is 32.3 Å². The maximum absolute atomic E-state index is 12.6. The maximum atomic E-state index is 12.6. The summed E-state index contributed by atoms with van der Waals surface area (Å²) >= 11 is 0. The molecule has 1 fully saturated rings. The van der Waals surface area contributed by atoms with Crippen molar-refractivity contribution in [3.63, 3.8) is 0 Å². The Labute approximate surface area is 209 Å². The molecule has 4 aromatic rings. The van der Waals surface area contributed by atoms with Crippen LogP contribution in [-0.2, 0) is 6.54 Å². The van der Waals surface area contributed by atoms with Crippen LogP contribution in [0.1, 0.15) is 27.4 Å². The van der Waals surface area contributed by atoms with Crippen molar-refractivity contribution in [1.29, 1.82) is 0 Å². The smallest absolute Gasteiger partial charge is 0.291 e. The molecule has 0 unspecified atom stereocenters. The van der Waals surface area contributed by atoms with Gasteiger partial charge < -0.3 is 19.5 Å². The average molecular weight is 484 g/mol. The summed E-state index contributed by atoms with van der Waals surface area (Å²) in [4.78, 5) is 29.7. The Morgan fingerprint density at radius 2 is 1.64 bits per heavy atom. The van der Waals surface area contributed by atoms with Crippen LogP contribution in [0.2, 0.25) is 0 Å². The third-order valence-corrected chi connectivity index (χ3v) is 6.53. The van der Waals surface area contributed by atoms with Crippen molar-refractivity contribution < 1.29 is 9.21 Å². The molecular formula is C28H29N5O3. The zero-order chi connectivity index (χ0) is 25.1. The first-order valence-corrected chi connectivity index (χ1v) is 12.1. The van der Waals surface area contributed by atoms with E-state index in [9.17, 15) is 9.59 Å². The normalized spacial score (nSPS) is 13.6. The summed E-state index contributed by atoms with van der Waals surface area (Å²) in [5, 5.41) is 7.43. The molecule has 184 valence electrons. The lowest BCUT2D eigenvalue weighted by atomic mass is 10.1. The van der Waals surface area contributed by atoms with Gasteiger partial charge in [-0.3, -0.25) is 9.59 Å². The number of carbonyl (C=O) groups excluding carboxylic acids is 1. The summed E-state index contributed by atoms with van der Waals surface area (Å²) in [6.07, 6.45) is 0. The SMILES string of the molecule is Cc1ccc(NC(=O)c2ccc(Cn3nc(N4CCN(c5ccccc5)CC4)ccc3=O)o2)cc1C. The molecule has 3 heterocycles. The molecule has 0 bridgehead atoms. The van der Waals surface area contributed by atoms with Crippen molar-refractivity contribution in [3.05, 3.63) is 106 Å². The van der Waals surface area contributed by atoms with Crippen LogP contribution in [0.3, 0.4) is 0 Å². The maximum Gasteiger partial charge on any atom is 0.291 e. The van der Waals surface area contributed by atoms with E-state index in [0.29, 0.717) is 11.4 Å². The number of benzene rings is 2. The highest BCUT2D eigenvalue weighted by Crippen LogP contribution is 2.19. The lowest BCUT2D eigenvalue weighted by molar-refractivity contribution is 0.0994. The molecule has 0 radical (unpaired) electrons. The Balaban J connectivity index is 1.24. The number of amides is 1. The van der Waals surface area contributed by atoms with Crippen molar-refractivity contribution in [2.45, 2.75) is 20.4 Å². The molecule has 1 saturated heterocycles. The molecule has 8 heteroatoms. The largest absolute Gasteiger partial charge is 0.454 e. The van der Waals surface area contributed by atoms with E-state index >= 15 is 0 Å². The van der Waals surface area contributed by atoms with Gasteiger partial charge in [0.05, 0.1) is 0 Å². The Bertz CT molecular complexity index is 1420. The second-order valence-electron chi connectivity index (χ2n) is 9.02. The number of piperazine rings is 1. The molecule has 2 aromatic heterocycles. The minimum atomic E-state index is -0.338. The first kappa shape index (κ1) is 23.4. The molecule has 1 aliphatic heterocycles. The molecule has 0 spiro atoms. The van der Waals surface area contributed by atoms with Crippen LogP contribution in [0.15, 0.2) is 82.0 Å². The van der Waals surface area contributed by atoms with Crippen LogP contribution in [0.5, 0.6) is 0 Å². The quantitative estimate of drug-likeness (QED) is 0.445. The second kappa shape index (κ2) is 10.1. The van der Waals surface area contributed by atoms with Crippen LogP contribution < -0.4 is 20.7 Å². The first-order chi connectivity index (χ1) is 17.5. The number of rotatable bonds is 6. The summed E-state index contributed by atoms with van der Waals surface area (Å²) in [6, 6.07) is 22.7. The second-order valence-corrected chi connectivity index (χ2v) is 9.02. The fourth-order valence-corrected chi connectivity index (χ4v) is 4.30. The summed E-state index contributed by atoms with van der Waals surface area (Å²) < 4.78 is 7.12. The number of nitrogens with one attached hydrogen (secondary N) is 1. The molecule has 1 amide bonds. The highest BCUT2D eigenvalue weighted by molar-refractivity contribution is 6.02. The van der Waals surface area contributed by atoms with Gasteiger partial charge >= 0.3 is 0 Å². The van der Waals surface area contributed by atoms with Gasteiger partial charge in [-0.2, -0.15) is 5.10 Å². The van der Waals surface area contributed by atoms with Crippen molar-refractivity contribution >= 4 is 23.1 Å². The van der Waals surface area contributed by atoms with E-state index in [1.807, 2.05) is 50.2 Å². The van der Waals surface area contributed by atoms with E-state index in [1.165, 1.54) is 16.4 Å². The molecule has 0 atom stereocenters. The Morgan fingerprint density at radius 3 is 2.39 bits per heavy atom. The third-order valence-electron chi connectivity index (χ3n) is 6.53. The van der Waals surface area contributed by atoms with E-state index in [0.717, 1.165) is 43.1 Å². The molecule has 1 aliphatic rings. The summed E-state index contributed by atoms with van der Waals surface area (Å²) in [7, 11) is 0. The minimum absolute atomic E-state index is 0.146. The van der Waals surface area contributed by atoms with Crippen molar-refractivity contribution in [1.82, 2.24) is 9.78 Å². The van der Waals surface area contributed by atoms with Crippen molar-refractivity contribution in [2.75, 3.05) is 41.3 Å². The third kappa shape index (κ3) is 5.17. The highest BCUT2D eigenvalue weighted by Gasteiger charge is 2.19. The predicted molar refractivity (Wildman–Crippen MR) is 141 cm³/mol. The van der Waals surface area contributed by atoms with Gasteiger partial charge in [0.25, 0.3) is 11.5 Å². The molecule has 2 aromatic carbocycles. The van der Waals surface area contributed by atoms with Gasteiger partial charge in [0.15, 0.2) is 5.76 Å². The number of furan rings is 1. The van der Waals surface area contributed by atoms with Crippen LogP contribution >= 0.6 is 0 Å². The van der Waals surface area contributed by atoms with Crippen molar-refractivity contribution in [2.24, 2.45) is 0 Å². The topological polar surface area (TPSA) is 83.6 Å². The number of hydrogen-bond donors (Lipinski definition) is 1. The van der Waals surface area contributed by atoms with Gasteiger partial charge in [0.2, 0.25) is 0 Å². The van der Waals surface area contributed by atoms with Crippen LogP contribution in [0.25, 0.3) is 0 Å². The van der Waals surface area contributed by atoms with Crippen LogP contribution in [-0.4, -0.2) is 41.9 Å². The number of anilines is 3. The zero-order valence-corrected chi connectivity index (χ0v) is 20.5. The molecular weight excluding hydrogens is 454 g/mol. The lowest BCUT2D eigenvalue weighted by Gasteiger charge is -2.36. The fraction of sp³-hybridized carbons (Fsp3) is 0.250. The van der Waals surface area contributed by atoms with E-state index < -0.39 is 0 Å². The highest BCUT2D eigenvalue weighted by atomic mass is 16.4. The number of aryl methyl sites for hydroxylation is 2. The number of carbonyl (C=O) groups is 1. The van der Waals surface area contributed by atoms with E-state index in [1.54, 1.807) is 18.2 Å². The summed E-state index contributed by atoms with van der Waals surface area (Å²) in [5.74, 6) is 1.08. The van der Waals surface area contributed by atoms with Gasteiger partial charge in [0, 0.05) is 43.6 Å². The van der Waals surface area contributed by atoms with Gasteiger partial charge in [0.1, 0.15) is 18.1 Å². The number of nitrogens with zero attached hydrogens (tertiary/aromatic N) is 4. The zero-order valence-electron chi connectivity index (χ0n) is 20.5. The first-order valence-electron chi connectivity index (χ1n) is 12.1. The monoisotopic (exact) mass is 483 g/mol. The molecule has 0 aliphatic carbocycles. The van der Waals surface area contributed by atoms with E-state index in [-0.39, 0.29) is 23.8 Å². The summed E-state index contributed by atoms with van der Waals surface area (Å²) in [6.45, 7) is 7.54. The van der Waals surface area contributed by atoms with Crippen LogP contribution in [0.4, 0.5) is 17.2 Å². The summed E-state index contributed by atoms with van der Waals surface area (Å²) in [5.41, 5.74) is 3.95. The van der Waals surface area contributed by atoms with Crippen molar-refractivity contribution in [3.8, 4) is 0 Å². The van der Waals surface area contributed by atoms with E-state index in [4.69, 9.17) is 4.42 Å². The molecule has 8 nitrogen and oxygen atoms in total. The predicted octanol–water partition coefficient (Wildman–Crippen LogP) is 4.08. The van der Waals surface area contributed by atoms with Gasteiger partial charge in [-0.25, -0.2) is 4.68 Å². The Hall–Kier alpha value is -4.33. The number of aromatic nitrogens is 2. The van der Waals surface area contributed by atoms with Gasteiger partial charge in [-0.05, 0) is 67.4 Å². The average Bonchev–Trinajstić information content (AvgIpc) is 3.37. The number of hydrogen-bond acceptors (Lipinski definition) is 6. The van der Waals surface area contributed by atoms with Crippen LogP contribution in [0, 0.1) is 13.8 Å². The lowest BCUT2D eigenvalue weighted by Crippen LogP contribution is -2.47. The Kier molecular flexibility index (Phi) is 6.58.